The van der Waals surface area contributed by atoms with Crippen molar-refractivity contribution in [2.75, 3.05) is 0 Å². The lowest BCUT2D eigenvalue weighted by atomic mass is 10.1. The second kappa shape index (κ2) is 3.72. The lowest BCUT2D eigenvalue weighted by Gasteiger charge is -1.98. The molecule has 3 heterocycles. The van der Waals surface area contributed by atoms with Gasteiger partial charge in [-0.15, -0.1) is 11.3 Å². The van der Waals surface area contributed by atoms with Crippen LogP contribution in [-0.4, -0.2) is 14.8 Å². The molecule has 3 nitrogen and oxygen atoms in total. The van der Waals surface area contributed by atoms with Crippen molar-refractivity contribution >= 4 is 21.4 Å². The van der Waals surface area contributed by atoms with Crippen LogP contribution >= 0.6 is 11.3 Å². The van der Waals surface area contributed by atoms with Gasteiger partial charge in [-0.2, -0.15) is 5.10 Å². The summed E-state index contributed by atoms with van der Waals surface area (Å²) >= 11 is 1.72. The number of aromatic nitrogens is 3. The first-order valence-corrected chi connectivity index (χ1v) is 6.10. The van der Waals surface area contributed by atoms with Crippen LogP contribution in [0.1, 0.15) is 6.92 Å². The molecule has 4 heteroatoms. The first-order chi connectivity index (χ1) is 7.88. The second-order valence-electron chi connectivity index (χ2n) is 3.60. The molecule has 0 bridgehead atoms. The van der Waals surface area contributed by atoms with Crippen molar-refractivity contribution in [1.29, 1.82) is 0 Å². The Balaban J connectivity index is 2.21. The molecule has 0 N–H and O–H groups in total. The summed E-state index contributed by atoms with van der Waals surface area (Å²) in [6, 6.07) is 2.14. The van der Waals surface area contributed by atoms with Crippen LogP contribution < -0.4 is 0 Å². The van der Waals surface area contributed by atoms with Gasteiger partial charge in [0.1, 0.15) is 0 Å². The quantitative estimate of drug-likeness (QED) is 0.675. The monoisotopic (exact) mass is 229 g/mol. The summed E-state index contributed by atoms with van der Waals surface area (Å²) in [4.78, 5) is 4.27. The molecule has 0 saturated heterocycles. The van der Waals surface area contributed by atoms with E-state index in [1.807, 2.05) is 23.3 Å². The van der Waals surface area contributed by atoms with Gasteiger partial charge in [0.25, 0.3) is 0 Å². The summed E-state index contributed by atoms with van der Waals surface area (Å²) in [5, 5.41) is 7.65. The van der Waals surface area contributed by atoms with Gasteiger partial charge >= 0.3 is 0 Å². The maximum atomic E-state index is 4.29. The summed E-state index contributed by atoms with van der Waals surface area (Å²) in [7, 11) is 0. The predicted octanol–water partition coefficient (Wildman–Crippen LogP) is 3.18. The average molecular weight is 229 g/mol. The molecule has 0 amide bonds. The molecule has 0 fully saturated rings. The molecular weight excluding hydrogens is 218 g/mol. The van der Waals surface area contributed by atoms with Crippen molar-refractivity contribution in [3.05, 3.63) is 36.2 Å². The fourth-order valence-electron chi connectivity index (χ4n) is 1.80. The van der Waals surface area contributed by atoms with Crippen LogP contribution in [0.3, 0.4) is 0 Å². The third-order valence-electron chi connectivity index (χ3n) is 2.65. The van der Waals surface area contributed by atoms with Crippen molar-refractivity contribution in [1.82, 2.24) is 14.8 Å². The number of hydrogen-bond donors (Lipinski definition) is 0. The predicted molar refractivity (Wildman–Crippen MR) is 66.5 cm³/mol. The normalized spacial score (nSPS) is 11.1. The minimum atomic E-state index is 0.896. The third-order valence-corrected chi connectivity index (χ3v) is 3.50. The first kappa shape index (κ1) is 9.54. The van der Waals surface area contributed by atoms with Gasteiger partial charge in [-0.1, -0.05) is 0 Å². The zero-order chi connectivity index (χ0) is 11.0. The molecular formula is C12H11N3S. The number of pyridine rings is 1. The smallest absolute Gasteiger partial charge is 0.0569 e. The summed E-state index contributed by atoms with van der Waals surface area (Å²) in [6.45, 7) is 2.98. The van der Waals surface area contributed by atoms with Crippen LogP contribution in [0.15, 0.2) is 36.2 Å². The molecule has 0 atom stereocenters. The Morgan fingerprint density at radius 3 is 3.06 bits per heavy atom. The molecule has 0 radical (unpaired) electrons. The fourth-order valence-corrected chi connectivity index (χ4v) is 2.58. The first-order valence-electron chi connectivity index (χ1n) is 5.22. The highest BCUT2D eigenvalue weighted by atomic mass is 32.1. The molecule has 3 aromatic heterocycles. The Morgan fingerprint density at radius 1 is 1.31 bits per heavy atom. The molecule has 0 aliphatic rings. The molecule has 3 rings (SSSR count). The molecule has 0 aromatic carbocycles. The van der Waals surface area contributed by atoms with E-state index >= 15 is 0 Å². The lowest BCUT2D eigenvalue weighted by Crippen LogP contribution is -1.91. The molecule has 0 spiro atoms. The van der Waals surface area contributed by atoms with Crippen LogP contribution in [-0.2, 0) is 6.54 Å². The SMILES string of the molecule is CCn1cc(-c2cncc3sccc23)cn1. The Labute approximate surface area is 97.4 Å². The van der Waals surface area contributed by atoms with E-state index in [1.165, 1.54) is 15.6 Å². The maximum Gasteiger partial charge on any atom is 0.0569 e. The molecule has 3 aromatic rings. The highest BCUT2D eigenvalue weighted by molar-refractivity contribution is 7.17. The summed E-state index contributed by atoms with van der Waals surface area (Å²) in [6.07, 6.45) is 7.78. The van der Waals surface area contributed by atoms with Gasteiger partial charge in [-0.3, -0.25) is 9.67 Å². The van der Waals surface area contributed by atoms with Crippen LogP contribution in [0.5, 0.6) is 0 Å². The maximum absolute atomic E-state index is 4.29. The molecule has 0 saturated carbocycles. The van der Waals surface area contributed by atoms with E-state index in [1.54, 1.807) is 11.3 Å². The molecule has 80 valence electrons. The number of aryl methyl sites for hydroxylation is 1. The molecule has 0 aliphatic heterocycles. The molecule has 0 aliphatic carbocycles. The van der Waals surface area contributed by atoms with Gasteiger partial charge in [0.05, 0.1) is 10.9 Å². The summed E-state index contributed by atoms with van der Waals surface area (Å²) in [5.74, 6) is 0. The van der Waals surface area contributed by atoms with E-state index in [4.69, 9.17) is 0 Å². The van der Waals surface area contributed by atoms with E-state index in [0.717, 1.165) is 12.1 Å². The summed E-state index contributed by atoms with van der Waals surface area (Å²) in [5.41, 5.74) is 2.30. The second-order valence-corrected chi connectivity index (χ2v) is 4.55. The minimum Gasteiger partial charge on any atom is -0.272 e. The minimum absolute atomic E-state index is 0.896. The van der Waals surface area contributed by atoms with E-state index in [-0.39, 0.29) is 0 Å². The number of thiophene rings is 1. The number of rotatable bonds is 2. The van der Waals surface area contributed by atoms with Gasteiger partial charge in [0, 0.05) is 41.6 Å². The topological polar surface area (TPSA) is 30.7 Å². The Hall–Kier alpha value is -1.68. The van der Waals surface area contributed by atoms with Crippen molar-refractivity contribution < 1.29 is 0 Å². The Bertz CT molecular complexity index is 624. The van der Waals surface area contributed by atoms with Crippen molar-refractivity contribution in [2.45, 2.75) is 13.5 Å². The largest absolute Gasteiger partial charge is 0.272 e. The van der Waals surface area contributed by atoms with Gasteiger partial charge in [0.15, 0.2) is 0 Å². The van der Waals surface area contributed by atoms with Crippen molar-refractivity contribution in [3.8, 4) is 11.1 Å². The van der Waals surface area contributed by atoms with Crippen molar-refractivity contribution in [2.24, 2.45) is 0 Å². The van der Waals surface area contributed by atoms with Crippen LogP contribution in [0.4, 0.5) is 0 Å². The lowest BCUT2D eigenvalue weighted by molar-refractivity contribution is 0.660. The number of nitrogens with zero attached hydrogens (tertiary/aromatic N) is 3. The molecule has 16 heavy (non-hydrogen) atoms. The average Bonchev–Trinajstić information content (AvgIpc) is 2.97. The van der Waals surface area contributed by atoms with Crippen LogP contribution in [0, 0.1) is 0 Å². The van der Waals surface area contributed by atoms with Gasteiger partial charge in [0.2, 0.25) is 0 Å². The zero-order valence-electron chi connectivity index (χ0n) is 8.92. The highest BCUT2D eigenvalue weighted by Crippen LogP contribution is 2.30. The Morgan fingerprint density at radius 2 is 2.25 bits per heavy atom. The Kier molecular flexibility index (Phi) is 2.22. The van der Waals surface area contributed by atoms with Crippen LogP contribution in [0.2, 0.25) is 0 Å². The number of hydrogen-bond acceptors (Lipinski definition) is 3. The van der Waals surface area contributed by atoms with Gasteiger partial charge in [-0.25, -0.2) is 0 Å². The zero-order valence-corrected chi connectivity index (χ0v) is 9.74. The van der Waals surface area contributed by atoms with Gasteiger partial charge in [-0.05, 0) is 18.4 Å². The van der Waals surface area contributed by atoms with E-state index in [9.17, 15) is 0 Å². The highest BCUT2D eigenvalue weighted by Gasteiger charge is 2.06. The van der Waals surface area contributed by atoms with E-state index in [0.29, 0.717) is 0 Å². The summed E-state index contributed by atoms with van der Waals surface area (Å²) < 4.78 is 3.15. The van der Waals surface area contributed by atoms with E-state index < -0.39 is 0 Å². The van der Waals surface area contributed by atoms with Crippen molar-refractivity contribution in [3.63, 3.8) is 0 Å². The van der Waals surface area contributed by atoms with Gasteiger partial charge < -0.3 is 0 Å². The third kappa shape index (κ3) is 1.42. The van der Waals surface area contributed by atoms with E-state index in [2.05, 4.69) is 34.6 Å². The van der Waals surface area contributed by atoms with Crippen LogP contribution in [0.25, 0.3) is 21.2 Å². The number of fused-ring (bicyclic) bond motifs is 1. The fraction of sp³-hybridized carbons (Fsp3) is 0.167. The standard InChI is InChI=1S/C12H11N3S/c1-2-15-8-9(5-14-15)11-6-13-7-12-10(11)3-4-16-12/h3-8H,2H2,1H3. The molecule has 0 unspecified atom stereocenters.